The van der Waals surface area contributed by atoms with Crippen molar-refractivity contribution in [1.82, 2.24) is 0 Å². The molecule has 0 radical (unpaired) electrons. The molecule has 2 nitrogen and oxygen atoms in total. The van der Waals surface area contributed by atoms with E-state index in [0.717, 1.165) is 12.5 Å². The topological polar surface area (TPSA) is 18.5 Å². The molecule has 0 aliphatic carbocycles. The lowest BCUT2D eigenvalue weighted by atomic mass is 10.2. The molecule has 0 heterocycles. The lowest BCUT2D eigenvalue weighted by Crippen LogP contribution is -2.38. The highest BCUT2D eigenvalue weighted by Gasteiger charge is 2.30. The average Bonchev–Trinajstić information content (AvgIpc) is 2.33. The third kappa shape index (κ3) is 3.30. The number of aryl methyl sites for hydroxylation is 1. The Morgan fingerprint density at radius 1 is 1.20 bits per heavy atom. The van der Waals surface area contributed by atoms with Crippen LogP contribution in [0.15, 0.2) is 42.6 Å². The van der Waals surface area contributed by atoms with Crippen molar-refractivity contribution in [3.8, 4) is 0 Å². The summed E-state index contributed by atoms with van der Waals surface area (Å²) in [5.74, 6) is 0. The second kappa shape index (κ2) is 5.85. The first-order valence-electron chi connectivity index (χ1n) is 5.04. The molecule has 0 spiro atoms. The van der Waals surface area contributed by atoms with Gasteiger partial charge in [0.1, 0.15) is 0 Å². The van der Waals surface area contributed by atoms with Gasteiger partial charge >= 0.3 is 8.56 Å². The van der Waals surface area contributed by atoms with Gasteiger partial charge in [-0.25, -0.2) is 0 Å². The zero-order valence-corrected chi connectivity index (χ0v) is 10.4. The molecule has 0 unspecified atom stereocenters. The summed E-state index contributed by atoms with van der Waals surface area (Å²) in [6.07, 6.45) is 0.973. The van der Waals surface area contributed by atoms with Crippen LogP contribution < -0.4 is 0 Å². The summed E-state index contributed by atoms with van der Waals surface area (Å²) < 4.78 is 10.9. The molecule has 0 saturated heterocycles. The number of hydrogen-bond acceptors (Lipinski definition) is 2. The summed E-state index contributed by atoms with van der Waals surface area (Å²) in [6, 6.07) is 11.3. The standard InChI is InChI=1S/C12H18O2Si/c1-4-15(13-2,14-3)11-10-12-8-6-5-7-9-12/h4-9H,1,10-11H2,2-3H3. The molecular weight excluding hydrogens is 204 g/mol. The summed E-state index contributed by atoms with van der Waals surface area (Å²) in [6.45, 7) is 3.80. The van der Waals surface area contributed by atoms with E-state index in [1.165, 1.54) is 5.56 Å². The third-order valence-electron chi connectivity index (χ3n) is 2.61. The molecule has 0 N–H and O–H groups in total. The van der Waals surface area contributed by atoms with Crippen LogP contribution in [0.3, 0.4) is 0 Å². The molecular formula is C12H18O2Si. The van der Waals surface area contributed by atoms with Gasteiger partial charge in [0.2, 0.25) is 0 Å². The monoisotopic (exact) mass is 222 g/mol. The molecule has 0 aromatic heterocycles. The highest BCUT2D eigenvalue weighted by Crippen LogP contribution is 2.16. The van der Waals surface area contributed by atoms with Crippen LogP contribution >= 0.6 is 0 Å². The Labute approximate surface area is 92.8 Å². The molecule has 1 rings (SSSR count). The Kier molecular flexibility index (Phi) is 4.75. The summed E-state index contributed by atoms with van der Waals surface area (Å²) in [5.41, 5.74) is 3.15. The summed E-state index contributed by atoms with van der Waals surface area (Å²) >= 11 is 0. The fourth-order valence-electron chi connectivity index (χ4n) is 1.52. The quantitative estimate of drug-likeness (QED) is 0.689. The maximum Gasteiger partial charge on any atom is 0.364 e. The van der Waals surface area contributed by atoms with Crippen LogP contribution in [0.1, 0.15) is 5.56 Å². The highest BCUT2D eigenvalue weighted by atomic mass is 28.4. The molecule has 82 valence electrons. The van der Waals surface area contributed by atoms with Gasteiger partial charge in [-0.15, -0.1) is 6.58 Å². The van der Waals surface area contributed by atoms with E-state index in [-0.39, 0.29) is 0 Å². The van der Waals surface area contributed by atoms with E-state index >= 15 is 0 Å². The Bertz CT molecular complexity index is 294. The van der Waals surface area contributed by atoms with Crippen LogP contribution in [0.4, 0.5) is 0 Å². The van der Waals surface area contributed by atoms with E-state index in [1.807, 2.05) is 23.9 Å². The van der Waals surface area contributed by atoms with Crippen molar-refractivity contribution in [2.24, 2.45) is 0 Å². The summed E-state index contributed by atoms with van der Waals surface area (Å²) in [5, 5.41) is 0. The van der Waals surface area contributed by atoms with Crippen LogP contribution in [0.25, 0.3) is 0 Å². The van der Waals surface area contributed by atoms with Gasteiger partial charge in [0, 0.05) is 14.2 Å². The molecule has 15 heavy (non-hydrogen) atoms. The third-order valence-corrected chi connectivity index (χ3v) is 5.56. The van der Waals surface area contributed by atoms with Crippen molar-refractivity contribution in [3.05, 3.63) is 48.2 Å². The fraction of sp³-hybridized carbons (Fsp3) is 0.333. The predicted octanol–water partition coefficient (Wildman–Crippen LogP) is 2.69. The molecule has 0 aliphatic rings. The van der Waals surface area contributed by atoms with Crippen molar-refractivity contribution in [3.63, 3.8) is 0 Å². The largest absolute Gasteiger partial charge is 0.395 e. The van der Waals surface area contributed by atoms with E-state index in [9.17, 15) is 0 Å². The van der Waals surface area contributed by atoms with Crippen molar-refractivity contribution in [2.75, 3.05) is 14.2 Å². The van der Waals surface area contributed by atoms with Crippen molar-refractivity contribution in [2.45, 2.75) is 12.5 Å². The molecule has 1 aromatic carbocycles. The van der Waals surface area contributed by atoms with Crippen LogP contribution in [-0.2, 0) is 15.3 Å². The first kappa shape index (κ1) is 12.2. The van der Waals surface area contributed by atoms with Crippen molar-refractivity contribution >= 4 is 8.56 Å². The predicted molar refractivity (Wildman–Crippen MR) is 64.9 cm³/mol. The van der Waals surface area contributed by atoms with Crippen LogP contribution in [0, 0.1) is 0 Å². The van der Waals surface area contributed by atoms with E-state index in [2.05, 4.69) is 18.7 Å². The van der Waals surface area contributed by atoms with Gasteiger partial charge in [-0.05, 0) is 23.7 Å². The number of hydrogen-bond donors (Lipinski definition) is 0. The molecule has 0 fully saturated rings. The molecule has 0 bridgehead atoms. The molecule has 1 aromatic rings. The van der Waals surface area contributed by atoms with E-state index in [1.54, 1.807) is 14.2 Å². The maximum atomic E-state index is 5.46. The van der Waals surface area contributed by atoms with Gasteiger partial charge in [0.05, 0.1) is 0 Å². The van der Waals surface area contributed by atoms with Crippen LogP contribution in [-0.4, -0.2) is 22.8 Å². The Hall–Kier alpha value is -0.903. The maximum absolute atomic E-state index is 5.46. The van der Waals surface area contributed by atoms with Gasteiger partial charge in [-0.3, -0.25) is 0 Å². The Balaban J connectivity index is 2.58. The Morgan fingerprint density at radius 2 is 1.80 bits per heavy atom. The molecule has 0 amide bonds. The van der Waals surface area contributed by atoms with Gasteiger partial charge < -0.3 is 8.85 Å². The molecule has 0 aliphatic heterocycles. The lowest BCUT2D eigenvalue weighted by molar-refractivity contribution is 0.256. The lowest BCUT2D eigenvalue weighted by Gasteiger charge is -2.23. The van der Waals surface area contributed by atoms with Gasteiger partial charge in [0.25, 0.3) is 0 Å². The second-order valence-electron chi connectivity index (χ2n) is 3.41. The number of rotatable bonds is 6. The van der Waals surface area contributed by atoms with E-state index in [0.29, 0.717) is 0 Å². The smallest absolute Gasteiger partial charge is 0.364 e. The molecule has 0 saturated carbocycles. The van der Waals surface area contributed by atoms with Gasteiger partial charge in [-0.2, -0.15) is 0 Å². The molecule has 0 atom stereocenters. The summed E-state index contributed by atoms with van der Waals surface area (Å²) in [7, 11) is 1.26. The van der Waals surface area contributed by atoms with Gasteiger partial charge in [-0.1, -0.05) is 30.3 Å². The Morgan fingerprint density at radius 3 is 2.27 bits per heavy atom. The summed E-state index contributed by atoms with van der Waals surface area (Å²) in [4.78, 5) is 0. The first-order valence-corrected chi connectivity index (χ1v) is 7.14. The minimum Gasteiger partial charge on any atom is -0.395 e. The zero-order valence-electron chi connectivity index (χ0n) is 9.40. The zero-order chi connectivity index (χ0) is 11.1. The van der Waals surface area contributed by atoms with Crippen molar-refractivity contribution in [1.29, 1.82) is 0 Å². The number of benzene rings is 1. The second-order valence-corrected chi connectivity index (χ2v) is 6.76. The van der Waals surface area contributed by atoms with Crippen molar-refractivity contribution < 1.29 is 8.85 Å². The fourth-order valence-corrected chi connectivity index (χ4v) is 3.27. The molecule has 3 heteroatoms. The highest BCUT2D eigenvalue weighted by molar-refractivity contribution is 6.72. The SMILES string of the molecule is C=C[Si](CCc1ccccc1)(OC)OC. The average molecular weight is 222 g/mol. The normalized spacial score (nSPS) is 11.3. The van der Waals surface area contributed by atoms with Gasteiger partial charge in [0.15, 0.2) is 0 Å². The minimum atomic E-state index is -2.14. The van der Waals surface area contributed by atoms with E-state index < -0.39 is 8.56 Å². The first-order chi connectivity index (χ1) is 7.26. The van der Waals surface area contributed by atoms with Crippen LogP contribution in [0.5, 0.6) is 0 Å². The minimum absolute atomic E-state index is 0.910. The van der Waals surface area contributed by atoms with Crippen LogP contribution in [0.2, 0.25) is 6.04 Å². The van der Waals surface area contributed by atoms with E-state index in [4.69, 9.17) is 8.85 Å².